The number of amides is 2. The Hall–Kier alpha value is -3.58. The average Bonchev–Trinajstić information content (AvgIpc) is 3.27. The number of para-hydroxylation sites is 1. The molecule has 11 nitrogen and oxygen atoms in total. The minimum atomic E-state index is -3.75. The van der Waals surface area contributed by atoms with Crippen LogP contribution in [-0.2, 0) is 34.7 Å². The summed E-state index contributed by atoms with van der Waals surface area (Å²) in [5.74, 6) is -2.74. The number of morpholine rings is 1. The van der Waals surface area contributed by atoms with Gasteiger partial charge in [0.15, 0.2) is 5.54 Å². The molecule has 4 heterocycles. The highest BCUT2D eigenvalue weighted by Crippen LogP contribution is 2.53. The van der Waals surface area contributed by atoms with Gasteiger partial charge in [0.2, 0.25) is 10.0 Å². The fourth-order valence-corrected chi connectivity index (χ4v) is 8.77. The molecule has 2 amide bonds. The maximum absolute atomic E-state index is 14.6. The number of hydrogen-bond acceptors (Lipinski definition) is 8. The summed E-state index contributed by atoms with van der Waals surface area (Å²) in [7, 11) is -3.75. The van der Waals surface area contributed by atoms with Gasteiger partial charge in [0.1, 0.15) is 5.76 Å². The summed E-state index contributed by atoms with van der Waals surface area (Å²) in [4.78, 5) is 47.6. The zero-order valence-electron chi connectivity index (χ0n) is 26.3. The van der Waals surface area contributed by atoms with Crippen molar-refractivity contribution in [3.05, 3.63) is 65.2 Å². The van der Waals surface area contributed by atoms with E-state index in [1.165, 1.54) is 33.5 Å². The van der Waals surface area contributed by atoms with Crippen molar-refractivity contribution < 1.29 is 32.6 Å². The molecule has 2 aromatic rings. The van der Waals surface area contributed by atoms with Crippen LogP contribution in [0, 0.1) is 0 Å². The zero-order chi connectivity index (χ0) is 32.5. The number of ketones is 1. The van der Waals surface area contributed by atoms with Crippen LogP contribution in [0.5, 0.6) is 0 Å². The standard InChI is InChI=1S/C34H42N4O7S/c1-2-16-37-28-11-6-5-10-27(28)34(33(37)42)29(31(40)32(41)38(34)20-9-17-35-21-23-45-24-22-35)30(39)25-12-14-26(15-13-25)46(43,44)36-18-7-3-4-8-19-36/h5-6,10-15,39H,2-4,7-9,16-24H2,1H3/b30-29+. The number of benzene rings is 2. The smallest absolute Gasteiger partial charge is 0.296 e. The lowest BCUT2D eigenvalue weighted by molar-refractivity contribution is -0.143. The highest BCUT2D eigenvalue weighted by Gasteiger charge is 2.66. The zero-order valence-corrected chi connectivity index (χ0v) is 27.1. The van der Waals surface area contributed by atoms with E-state index in [1.807, 2.05) is 13.0 Å². The van der Waals surface area contributed by atoms with Crippen molar-refractivity contribution in [3.8, 4) is 0 Å². The van der Waals surface area contributed by atoms with Gasteiger partial charge >= 0.3 is 0 Å². The maximum atomic E-state index is 14.6. The largest absolute Gasteiger partial charge is 0.507 e. The van der Waals surface area contributed by atoms with E-state index in [2.05, 4.69) is 4.90 Å². The van der Waals surface area contributed by atoms with Gasteiger partial charge in [-0.05, 0) is 56.0 Å². The van der Waals surface area contributed by atoms with E-state index in [9.17, 15) is 27.9 Å². The van der Waals surface area contributed by atoms with E-state index in [4.69, 9.17) is 4.74 Å². The van der Waals surface area contributed by atoms with Crippen LogP contribution in [0.25, 0.3) is 5.76 Å². The second-order valence-electron chi connectivity index (χ2n) is 12.3. The Balaban J connectivity index is 1.42. The van der Waals surface area contributed by atoms with E-state index >= 15 is 0 Å². The molecule has 0 saturated carbocycles. The van der Waals surface area contributed by atoms with Gasteiger partial charge in [0.25, 0.3) is 17.6 Å². The minimum Gasteiger partial charge on any atom is -0.507 e. The topological polar surface area (TPSA) is 128 Å². The molecular weight excluding hydrogens is 608 g/mol. The van der Waals surface area contributed by atoms with E-state index in [0.717, 1.165) is 38.8 Å². The van der Waals surface area contributed by atoms with Gasteiger partial charge in [0.05, 0.1) is 29.4 Å². The molecule has 46 heavy (non-hydrogen) atoms. The van der Waals surface area contributed by atoms with Crippen LogP contribution in [0.3, 0.4) is 0 Å². The normalized spacial score (nSPS) is 24.2. The molecule has 246 valence electrons. The third kappa shape index (κ3) is 5.44. The molecule has 1 atom stereocenters. The van der Waals surface area contributed by atoms with E-state index < -0.39 is 38.9 Å². The molecule has 4 aliphatic rings. The molecule has 0 bridgehead atoms. The van der Waals surface area contributed by atoms with Gasteiger partial charge in [0, 0.05) is 56.9 Å². The molecule has 1 spiro atoms. The number of Topliss-reactive ketones (excluding diaryl/α,β-unsaturated/α-hetero) is 1. The monoisotopic (exact) mass is 650 g/mol. The summed E-state index contributed by atoms with van der Waals surface area (Å²) < 4.78 is 33.7. The minimum absolute atomic E-state index is 0.0839. The van der Waals surface area contributed by atoms with Gasteiger partial charge in [-0.25, -0.2) is 8.42 Å². The Labute approximate surface area is 270 Å². The Morgan fingerprint density at radius 2 is 1.54 bits per heavy atom. The first-order valence-corrected chi connectivity index (χ1v) is 17.8. The summed E-state index contributed by atoms with van der Waals surface area (Å²) in [6.07, 6.45) is 4.74. The van der Waals surface area contributed by atoms with Crippen molar-refractivity contribution in [1.82, 2.24) is 14.1 Å². The third-order valence-electron chi connectivity index (χ3n) is 9.55. The number of aliphatic hydroxyl groups excluding tert-OH is 1. The summed E-state index contributed by atoms with van der Waals surface area (Å²) >= 11 is 0. The van der Waals surface area contributed by atoms with Crippen molar-refractivity contribution in [2.75, 3.05) is 63.9 Å². The average molecular weight is 651 g/mol. The van der Waals surface area contributed by atoms with Gasteiger partial charge < -0.3 is 19.6 Å². The van der Waals surface area contributed by atoms with Gasteiger partial charge in [-0.2, -0.15) is 4.31 Å². The third-order valence-corrected chi connectivity index (χ3v) is 11.5. The van der Waals surface area contributed by atoms with Crippen molar-refractivity contribution in [2.45, 2.75) is 55.9 Å². The molecule has 1 unspecified atom stereocenters. The van der Waals surface area contributed by atoms with Gasteiger partial charge in [-0.1, -0.05) is 38.0 Å². The molecule has 0 aliphatic carbocycles. The Bertz CT molecular complexity index is 1630. The SMILES string of the molecule is CCCN1C(=O)C2(/C(=C(/O)c3ccc(S(=O)(=O)N4CCCCCC4)cc3)C(=O)C(=O)N2CCCN2CCOCC2)c2ccccc21. The number of fused-ring (bicyclic) bond motifs is 2. The Morgan fingerprint density at radius 1 is 0.870 bits per heavy atom. The van der Waals surface area contributed by atoms with Crippen LogP contribution in [-0.4, -0.2) is 104 Å². The first-order valence-electron chi connectivity index (χ1n) is 16.3. The van der Waals surface area contributed by atoms with Crippen LogP contribution in [0.1, 0.15) is 56.6 Å². The fraction of sp³-hybridized carbons (Fsp3) is 0.500. The quantitative estimate of drug-likeness (QED) is 0.249. The molecule has 4 aliphatic heterocycles. The molecule has 12 heteroatoms. The lowest BCUT2D eigenvalue weighted by Gasteiger charge is -2.35. The van der Waals surface area contributed by atoms with Crippen LogP contribution in [0.2, 0.25) is 0 Å². The van der Waals surface area contributed by atoms with Crippen molar-refractivity contribution >= 4 is 39.1 Å². The number of nitrogens with zero attached hydrogens (tertiary/aromatic N) is 4. The predicted molar refractivity (Wildman–Crippen MR) is 173 cm³/mol. The summed E-state index contributed by atoms with van der Waals surface area (Å²) in [5.41, 5.74) is -0.908. The molecule has 1 N–H and O–H groups in total. The fourth-order valence-electron chi connectivity index (χ4n) is 7.25. The number of anilines is 1. The van der Waals surface area contributed by atoms with E-state index in [0.29, 0.717) is 63.5 Å². The van der Waals surface area contributed by atoms with Crippen LogP contribution in [0.4, 0.5) is 5.69 Å². The summed E-state index contributed by atoms with van der Waals surface area (Å²) in [6.45, 7) is 6.80. The Kier molecular flexibility index (Phi) is 9.33. The number of sulfonamides is 1. The number of ether oxygens (including phenoxy) is 1. The lowest BCUT2D eigenvalue weighted by Crippen LogP contribution is -2.52. The van der Waals surface area contributed by atoms with Gasteiger partial charge in [-0.3, -0.25) is 19.3 Å². The number of aliphatic hydroxyl groups is 1. The summed E-state index contributed by atoms with van der Waals surface area (Å²) in [6, 6.07) is 12.8. The number of likely N-dealkylation sites (tertiary alicyclic amines) is 1. The maximum Gasteiger partial charge on any atom is 0.296 e. The molecule has 3 saturated heterocycles. The second kappa shape index (κ2) is 13.3. The highest BCUT2D eigenvalue weighted by atomic mass is 32.2. The van der Waals surface area contributed by atoms with Crippen LogP contribution in [0.15, 0.2) is 59.0 Å². The second-order valence-corrected chi connectivity index (χ2v) is 14.3. The van der Waals surface area contributed by atoms with E-state index in [-0.39, 0.29) is 22.6 Å². The molecule has 0 aromatic heterocycles. The molecular formula is C34H42N4O7S. The van der Waals surface area contributed by atoms with E-state index in [1.54, 1.807) is 23.1 Å². The molecule has 2 aromatic carbocycles. The summed E-state index contributed by atoms with van der Waals surface area (Å²) in [5, 5.41) is 11.8. The predicted octanol–water partition coefficient (Wildman–Crippen LogP) is 3.31. The number of carbonyl (C=O) groups excluding carboxylic acids is 3. The first kappa shape index (κ1) is 32.4. The highest BCUT2D eigenvalue weighted by molar-refractivity contribution is 7.89. The Morgan fingerprint density at radius 3 is 2.22 bits per heavy atom. The number of rotatable bonds is 9. The van der Waals surface area contributed by atoms with Gasteiger partial charge in [-0.15, -0.1) is 0 Å². The first-order chi connectivity index (χ1) is 22.2. The molecule has 3 fully saturated rings. The number of carbonyl (C=O) groups is 3. The number of hydrogen-bond donors (Lipinski definition) is 1. The molecule has 0 radical (unpaired) electrons. The van der Waals surface area contributed by atoms with Crippen LogP contribution >= 0.6 is 0 Å². The lowest BCUT2D eigenvalue weighted by atomic mass is 9.82. The van der Waals surface area contributed by atoms with Crippen molar-refractivity contribution in [3.63, 3.8) is 0 Å². The van der Waals surface area contributed by atoms with Crippen molar-refractivity contribution in [2.24, 2.45) is 0 Å². The molecule has 6 rings (SSSR count). The van der Waals surface area contributed by atoms with Crippen LogP contribution < -0.4 is 4.90 Å². The van der Waals surface area contributed by atoms with Crippen molar-refractivity contribution in [1.29, 1.82) is 0 Å².